The molecule has 0 spiro atoms. The molecule has 1 fully saturated rings. The fraction of sp³-hybridized carbons (Fsp3) is 0.429. The number of alkyl halides is 3. The second-order valence-corrected chi connectivity index (χ2v) is 5.29. The monoisotopic (exact) mass is 338 g/mol. The van der Waals surface area contributed by atoms with Gasteiger partial charge in [-0.15, -0.1) is 0 Å². The zero-order valence-corrected chi connectivity index (χ0v) is 12.3. The minimum atomic E-state index is -4.60. The van der Waals surface area contributed by atoms with Crippen LogP contribution < -0.4 is 5.32 Å². The van der Waals surface area contributed by atoms with E-state index in [4.69, 9.17) is 10.00 Å². The van der Waals surface area contributed by atoms with Crippen molar-refractivity contribution in [3.05, 3.63) is 35.5 Å². The molecule has 24 heavy (non-hydrogen) atoms. The van der Waals surface area contributed by atoms with Crippen LogP contribution in [0.1, 0.15) is 29.6 Å². The number of nitrogens with one attached hydrogen (secondary N) is 2. The molecule has 3 heterocycles. The Labute approximate surface area is 134 Å². The topological polar surface area (TPSA) is 99.5 Å². The molecule has 0 saturated carbocycles. The Morgan fingerprint density at radius 2 is 2.25 bits per heavy atom. The average molecular weight is 338 g/mol. The lowest BCUT2D eigenvalue weighted by molar-refractivity contribution is -0.138. The number of nitrogens with zero attached hydrogens (tertiary/aromatic N) is 4. The number of aromatic nitrogens is 4. The zero-order valence-electron chi connectivity index (χ0n) is 12.3. The van der Waals surface area contributed by atoms with Crippen LogP contribution in [0.5, 0.6) is 0 Å². The summed E-state index contributed by atoms with van der Waals surface area (Å²) in [5.41, 5.74) is -1.69. The maximum atomic E-state index is 12.8. The van der Waals surface area contributed by atoms with Crippen molar-refractivity contribution in [1.82, 2.24) is 20.2 Å². The summed E-state index contributed by atoms with van der Waals surface area (Å²) in [7, 11) is 0. The lowest BCUT2D eigenvalue weighted by atomic mass is 10.0. The van der Waals surface area contributed by atoms with E-state index in [1.807, 2.05) is 0 Å². The SMILES string of the molecule is N#Cc1nc(NC[C@@H]2CCO[C@@H]2c2ncn[nH]2)ccc1C(F)(F)F. The van der Waals surface area contributed by atoms with Gasteiger partial charge in [0.2, 0.25) is 0 Å². The van der Waals surface area contributed by atoms with Crippen LogP contribution in [0.15, 0.2) is 18.5 Å². The van der Waals surface area contributed by atoms with Gasteiger partial charge in [0.15, 0.2) is 11.5 Å². The van der Waals surface area contributed by atoms with E-state index in [9.17, 15) is 13.2 Å². The molecule has 1 aliphatic heterocycles. The van der Waals surface area contributed by atoms with Crippen molar-refractivity contribution in [2.24, 2.45) is 5.92 Å². The molecule has 2 atom stereocenters. The summed E-state index contributed by atoms with van der Waals surface area (Å²) in [6, 6.07) is 3.55. The number of anilines is 1. The average Bonchev–Trinajstić information content (AvgIpc) is 3.22. The highest BCUT2D eigenvalue weighted by Gasteiger charge is 2.35. The Balaban J connectivity index is 1.70. The normalized spacial score (nSPS) is 20.8. The van der Waals surface area contributed by atoms with Gasteiger partial charge in [0.1, 0.15) is 24.3 Å². The summed E-state index contributed by atoms with van der Waals surface area (Å²) in [6.45, 7) is 0.982. The Kier molecular flexibility index (Phi) is 4.35. The minimum Gasteiger partial charge on any atom is -0.370 e. The number of H-pyrrole nitrogens is 1. The van der Waals surface area contributed by atoms with E-state index in [-0.39, 0.29) is 17.8 Å². The summed E-state index contributed by atoms with van der Waals surface area (Å²) in [6.07, 6.45) is -2.71. The summed E-state index contributed by atoms with van der Waals surface area (Å²) in [5.74, 6) is 0.882. The molecule has 0 unspecified atom stereocenters. The third kappa shape index (κ3) is 3.30. The molecule has 126 valence electrons. The highest BCUT2D eigenvalue weighted by atomic mass is 19.4. The second-order valence-electron chi connectivity index (χ2n) is 5.29. The predicted molar refractivity (Wildman–Crippen MR) is 75.6 cm³/mol. The molecule has 0 amide bonds. The maximum Gasteiger partial charge on any atom is 0.419 e. The quantitative estimate of drug-likeness (QED) is 0.887. The number of ether oxygens (including phenoxy) is 1. The van der Waals surface area contributed by atoms with Gasteiger partial charge in [-0.3, -0.25) is 5.10 Å². The number of nitriles is 1. The summed E-state index contributed by atoms with van der Waals surface area (Å²) >= 11 is 0. The van der Waals surface area contributed by atoms with Gasteiger partial charge in [0.05, 0.1) is 5.56 Å². The van der Waals surface area contributed by atoms with Crippen LogP contribution in [0, 0.1) is 17.2 Å². The van der Waals surface area contributed by atoms with E-state index in [0.717, 1.165) is 12.5 Å². The van der Waals surface area contributed by atoms with Crippen LogP contribution in [0.3, 0.4) is 0 Å². The molecule has 0 aromatic carbocycles. The molecular weight excluding hydrogens is 325 g/mol. The van der Waals surface area contributed by atoms with Crippen molar-refractivity contribution in [3.8, 4) is 6.07 Å². The van der Waals surface area contributed by atoms with Crippen LogP contribution in [0.2, 0.25) is 0 Å². The first-order valence-corrected chi connectivity index (χ1v) is 7.18. The Bertz CT molecular complexity index is 740. The molecule has 0 radical (unpaired) electrons. The number of halogens is 3. The van der Waals surface area contributed by atoms with E-state index in [1.54, 1.807) is 0 Å². The van der Waals surface area contributed by atoms with Crippen molar-refractivity contribution >= 4 is 5.82 Å². The van der Waals surface area contributed by atoms with Gasteiger partial charge in [-0.25, -0.2) is 9.97 Å². The van der Waals surface area contributed by atoms with Crippen molar-refractivity contribution < 1.29 is 17.9 Å². The standard InChI is InChI=1S/C14H13F3N6O/c15-14(16,17)9-1-2-11(22-10(9)5-18)19-6-8-3-4-24-12(8)13-20-7-21-23-13/h1-2,7-8,12H,3-4,6H2,(H,19,22)(H,20,21,23)/t8-,12-/m0/s1. The number of hydrogen-bond donors (Lipinski definition) is 2. The number of hydrogen-bond acceptors (Lipinski definition) is 6. The minimum absolute atomic E-state index is 0.0626. The number of pyridine rings is 1. The summed E-state index contributed by atoms with van der Waals surface area (Å²) < 4.78 is 43.9. The van der Waals surface area contributed by atoms with Crippen LogP contribution in [-0.2, 0) is 10.9 Å². The predicted octanol–water partition coefficient (Wildman–Crippen LogP) is 2.28. The smallest absolute Gasteiger partial charge is 0.370 e. The van der Waals surface area contributed by atoms with Crippen molar-refractivity contribution in [2.75, 3.05) is 18.5 Å². The molecule has 3 rings (SSSR count). The van der Waals surface area contributed by atoms with E-state index in [1.165, 1.54) is 18.5 Å². The Morgan fingerprint density at radius 3 is 2.92 bits per heavy atom. The van der Waals surface area contributed by atoms with Gasteiger partial charge in [0.25, 0.3) is 0 Å². The van der Waals surface area contributed by atoms with Gasteiger partial charge >= 0.3 is 6.18 Å². The highest BCUT2D eigenvalue weighted by Crippen LogP contribution is 2.33. The third-order valence-electron chi connectivity index (χ3n) is 3.77. The molecule has 0 aliphatic carbocycles. The number of rotatable bonds is 4. The summed E-state index contributed by atoms with van der Waals surface area (Å²) in [4.78, 5) is 7.80. The molecule has 7 nitrogen and oxygen atoms in total. The van der Waals surface area contributed by atoms with Gasteiger partial charge < -0.3 is 10.1 Å². The van der Waals surface area contributed by atoms with Gasteiger partial charge in [-0.05, 0) is 18.6 Å². The molecule has 2 aromatic heterocycles. The van der Waals surface area contributed by atoms with Gasteiger partial charge in [-0.1, -0.05) is 0 Å². The van der Waals surface area contributed by atoms with Crippen LogP contribution in [-0.4, -0.2) is 33.3 Å². The fourth-order valence-corrected chi connectivity index (χ4v) is 2.60. The molecule has 1 saturated heterocycles. The lowest BCUT2D eigenvalue weighted by Gasteiger charge is -2.17. The van der Waals surface area contributed by atoms with Gasteiger partial charge in [0, 0.05) is 19.1 Å². The van der Waals surface area contributed by atoms with Crippen LogP contribution in [0.4, 0.5) is 19.0 Å². The summed E-state index contributed by atoms with van der Waals surface area (Å²) in [5, 5.41) is 18.4. The zero-order chi connectivity index (χ0) is 17.2. The fourth-order valence-electron chi connectivity index (χ4n) is 2.60. The maximum absolute atomic E-state index is 12.8. The molecule has 0 bridgehead atoms. The molecule has 1 aliphatic rings. The number of aromatic amines is 1. The van der Waals surface area contributed by atoms with E-state index in [0.29, 0.717) is 19.0 Å². The highest BCUT2D eigenvalue weighted by molar-refractivity contribution is 5.44. The van der Waals surface area contributed by atoms with Crippen molar-refractivity contribution in [1.29, 1.82) is 5.26 Å². The molecule has 10 heteroatoms. The van der Waals surface area contributed by atoms with Crippen molar-refractivity contribution in [2.45, 2.75) is 18.7 Å². The van der Waals surface area contributed by atoms with Crippen LogP contribution >= 0.6 is 0 Å². The Morgan fingerprint density at radius 1 is 1.42 bits per heavy atom. The second kappa shape index (κ2) is 6.45. The van der Waals surface area contributed by atoms with E-state index >= 15 is 0 Å². The first-order chi connectivity index (χ1) is 11.5. The molecular formula is C14H13F3N6O. The first-order valence-electron chi connectivity index (χ1n) is 7.18. The van der Waals surface area contributed by atoms with Crippen molar-refractivity contribution in [3.63, 3.8) is 0 Å². The molecule has 2 N–H and O–H groups in total. The largest absolute Gasteiger partial charge is 0.419 e. The van der Waals surface area contributed by atoms with Crippen LogP contribution in [0.25, 0.3) is 0 Å². The lowest BCUT2D eigenvalue weighted by Crippen LogP contribution is -2.20. The van der Waals surface area contributed by atoms with E-state index < -0.39 is 17.4 Å². The first kappa shape index (κ1) is 16.2. The third-order valence-corrected chi connectivity index (χ3v) is 3.77. The molecule has 2 aromatic rings. The van der Waals surface area contributed by atoms with Gasteiger partial charge in [-0.2, -0.15) is 23.5 Å². The van der Waals surface area contributed by atoms with E-state index in [2.05, 4.69) is 25.5 Å². The Hall–Kier alpha value is -2.67.